The molecule has 1 amide bonds. The largest absolute Gasteiger partial charge is 0.447 e. The number of hydrogen-bond donors (Lipinski definition) is 2. The van der Waals surface area contributed by atoms with Crippen LogP contribution >= 0.6 is 0 Å². The van der Waals surface area contributed by atoms with Gasteiger partial charge in [0, 0.05) is 37.7 Å². The number of carbonyl (C=O) groups excluding carboxylic acids is 1. The molecule has 4 rings (SSSR count). The van der Waals surface area contributed by atoms with Gasteiger partial charge in [0.1, 0.15) is 17.3 Å². The zero-order valence-corrected chi connectivity index (χ0v) is 18.3. The molecular formula is C20H25N7O3S. The highest BCUT2D eigenvalue weighted by atomic mass is 32.2. The Balaban J connectivity index is 1.58. The quantitative estimate of drug-likeness (QED) is 0.680. The summed E-state index contributed by atoms with van der Waals surface area (Å²) < 4.78 is 17.5. The molecule has 0 saturated heterocycles. The average molecular weight is 444 g/mol. The first-order valence-corrected chi connectivity index (χ1v) is 11.4. The molecule has 0 aromatic carbocycles. The van der Waals surface area contributed by atoms with E-state index in [4.69, 9.17) is 20.4 Å². The molecule has 164 valence electrons. The minimum absolute atomic E-state index is 0.0516. The van der Waals surface area contributed by atoms with Crippen molar-refractivity contribution in [2.45, 2.75) is 37.1 Å². The van der Waals surface area contributed by atoms with Gasteiger partial charge in [-0.2, -0.15) is 4.98 Å². The normalized spacial score (nSPS) is 18.3. The van der Waals surface area contributed by atoms with Gasteiger partial charge in [0.05, 0.1) is 22.0 Å². The number of hydrogen-bond acceptors (Lipinski definition) is 9. The van der Waals surface area contributed by atoms with Crippen LogP contribution in [-0.4, -0.2) is 61.2 Å². The van der Waals surface area contributed by atoms with E-state index in [1.54, 1.807) is 18.5 Å². The zero-order valence-electron chi connectivity index (χ0n) is 17.5. The van der Waals surface area contributed by atoms with Crippen molar-refractivity contribution in [1.29, 1.82) is 0 Å². The Morgan fingerprint density at radius 1 is 1.29 bits per heavy atom. The Morgan fingerprint density at radius 3 is 2.74 bits per heavy atom. The summed E-state index contributed by atoms with van der Waals surface area (Å²) in [4.78, 5) is 31.8. The van der Waals surface area contributed by atoms with Gasteiger partial charge in [-0.3, -0.25) is 4.21 Å². The van der Waals surface area contributed by atoms with Crippen LogP contribution in [0.1, 0.15) is 31.8 Å². The summed E-state index contributed by atoms with van der Waals surface area (Å²) in [7, 11) is -1.17. The van der Waals surface area contributed by atoms with Crippen molar-refractivity contribution in [3.63, 3.8) is 0 Å². The number of nitrogens with one attached hydrogen (secondary N) is 1. The molecule has 11 heteroatoms. The summed E-state index contributed by atoms with van der Waals surface area (Å²) in [5.41, 5.74) is 6.33. The third kappa shape index (κ3) is 4.82. The van der Waals surface area contributed by atoms with Crippen LogP contribution in [0.4, 0.5) is 16.6 Å². The topological polar surface area (TPSA) is 136 Å². The van der Waals surface area contributed by atoms with Crippen molar-refractivity contribution in [3.8, 4) is 0 Å². The van der Waals surface area contributed by atoms with Gasteiger partial charge in [-0.25, -0.2) is 19.7 Å². The number of carbonyl (C=O) groups is 1. The molecule has 2 aromatic heterocycles. The predicted octanol–water partition coefficient (Wildman–Crippen LogP) is 1.51. The lowest BCUT2D eigenvalue weighted by molar-refractivity contribution is 0.138. The first-order chi connectivity index (χ1) is 14.8. The van der Waals surface area contributed by atoms with Crippen LogP contribution in [0.25, 0.3) is 5.57 Å². The van der Waals surface area contributed by atoms with Gasteiger partial charge in [0.2, 0.25) is 5.95 Å². The molecule has 10 nitrogen and oxygen atoms in total. The number of ether oxygens (including phenoxy) is 1. The molecule has 0 aliphatic carbocycles. The van der Waals surface area contributed by atoms with Crippen LogP contribution in [0.2, 0.25) is 0 Å². The summed E-state index contributed by atoms with van der Waals surface area (Å²) in [6.45, 7) is 5.12. The number of anilines is 2. The first kappa shape index (κ1) is 21.2. The second-order valence-electron chi connectivity index (χ2n) is 8.06. The maximum atomic E-state index is 12.6. The average Bonchev–Trinajstić information content (AvgIpc) is 3.14. The zero-order chi connectivity index (χ0) is 22.0. The maximum absolute atomic E-state index is 12.6. The van der Waals surface area contributed by atoms with Crippen molar-refractivity contribution in [2.75, 3.05) is 35.7 Å². The lowest BCUT2D eigenvalue weighted by Crippen LogP contribution is -2.39. The molecule has 4 heterocycles. The molecule has 0 fully saturated rings. The summed E-state index contributed by atoms with van der Waals surface area (Å²) in [5, 5.41) is 3.28. The van der Waals surface area contributed by atoms with E-state index < -0.39 is 22.4 Å². The first-order valence-electron chi connectivity index (χ1n) is 10.0. The van der Waals surface area contributed by atoms with Crippen molar-refractivity contribution in [1.82, 2.24) is 19.9 Å². The number of amides is 1. The third-order valence-corrected chi connectivity index (χ3v) is 6.51. The maximum Gasteiger partial charge on any atom is 0.404 e. The molecule has 0 saturated carbocycles. The van der Waals surface area contributed by atoms with E-state index in [1.807, 2.05) is 13.8 Å². The van der Waals surface area contributed by atoms with Gasteiger partial charge in [-0.1, -0.05) is 6.08 Å². The summed E-state index contributed by atoms with van der Waals surface area (Å²) in [6, 6.07) is 1.80. The number of fused-ring (bicyclic) bond motifs is 1. The van der Waals surface area contributed by atoms with Gasteiger partial charge in [-0.15, -0.1) is 0 Å². The Labute approximate surface area is 182 Å². The second-order valence-corrected chi connectivity index (χ2v) is 9.57. The summed E-state index contributed by atoms with van der Waals surface area (Å²) in [5.74, 6) is 2.35. The SMILES string of the molecule is CC(C)(COC(N)=O)Nc1nc(N2CC=C(c3ncccn3)CC2)nc2c1[S@](=O)CC2. The molecule has 2 aliphatic heterocycles. The molecule has 2 aromatic rings. The molecule has 2 aliphatic rings. The molecule has 0 radical (unpaired) electrons. The van der Waals surface area contributed by atoms with Crippen LogP contribution in [-0.2, 0) is 22.0 Å². The van der Waals surface area contributed by atoms with Gasteiger partial charge >= 0.3 is 6.09 Å². The fraction of sp³-hybridized carbons (Fsp3) is 0.450. The lowest BCUT2D eigenvalue weighted by Gasteiger charge is -2.29. The third-order valence-electron chi connectivity index (χ3n) is 5.05. The molecular weight excluding hydrogens is 418 g/mol. The molecule has 3 N–H and O–H groups in total. The molecule has 0 bridgehead atoms. The summed E-state index contributed by atoms with van der Waals surface area (Å²) >= 11 is 0. The van der Waals surface area contributed by atoms with E-state index in [-0.39, 0.29) is 6.61 Å². The number of aryl methyl sites for hydroxylation is 1. The summed E-state index contributed by atoms with van der Waals surface area (Å²) in [6.07, 6.45) is 6.13. The molecule has 31 heavy (non-hydrogen) atoms. The van der Waals surface area contributed by atoms with Gasteiger partial charge < -0.3 is 20.7 Å². The number of primary amides is 1. The standard InChI is InChI=1S/C20H25N7O3S/c1-20(2,12-30-18(21)28)26-17-15-14(6-11-31(15)29)24-19(25-17)27-9-4-13(5-10-27)16-22-7-3-8-23-16/h3-4,7-8H,5-6,9-12H2,1-2H3,(H2,21,28)(H,24,25,26)/t31-/m1/s1. The minimum atomic E-state index is -1.17. The highest BCUT2D eigenvalue weighted by Gasteiger charge is 2.31. The Bertz CT molecular complexity index is 1040. The van der Waals surface area contributed by atoms with E-state index in [1.165, 1.54) is 0 Å². The Kier molecular flexibility index (Phi) is 5.86. The number of nitrogens with zero attached hydrogens (tertiary/aromatic N) is 5. The van der Waals surface area contributed by atoms with Gasteiger partial charge in [-0.05, 0) is 31.9 Å². The second kappa shape index (κ2) is 8.58. The van der Waals surface area contributed by atoms with E-state index in [9.17, 15) is 9.00 Å². The van der Waals surface area contributed by atoms with Crippen molar-refractivity contribution in [3.05, 3.63) is 36.1 Å². The Hall–Kier alpha value is -3.08. The molecule has 0 unspecified atom stereocenters. The van der Waals surface area contributed by atoms with Crippen molar-refractivity contribution >= 4 is 34.2 Å². The molecule has 1 atom stereocenters. The van der Waals surface area contributed by atoms with Crippen LogP contribution in [0.5, 0.6) is 0 Å². The lowest BCUT2D eigenvalue weighted by atomic mass is 10.1. The van der Waals surface area contributed by atoms with E-state index in [0.29, 0.717) is 35.4 Å². The number of nitrogens with two attached hydrogens (primary N) is 1. The van der Waals surface area contributed by atoms with E-state index >= 15 is 0 Å². The van der Waals surface area contributed by atoms with E-state index in [0.717, 1.165) is 30.1 Å². The van der Waals surface area contributed by atoms with Crippen LogP contribution < -0.4 is 16.0 Å². The predicted molar refractivity (Wildman–Crippen MR) is 117 cm³/mol. The van der Waals surface area contributed by atoms with Crippen molar-refractivity contribution in [2.24, 2.45) is 5.73 Å². The van der Waals surface area contributed by atoms with Crippen molar-refractivity contribution < 1.29 is 13.7 Å². The minimum Gasteiger partial charge on any atom is -0.447 e. The smallest absolute Gasteiger partial charge is 0.404 e. The number of rotatable bonds is 6. The monoisotopic (exact) mass is 443 g/mol. The van der Waals surface area contributed by atoms with Gasteiger partial charge in [0.15, 0.2) is 5.82 Å². The Morgan fingerprint density at radius 2 is 2.06 bits per heavy atom. The van der Waals surface area contributed by atoms with Gasteiger partial charge in [0.25, 0.3) is 0 Å². The van der Waals surface area contributed by atoms with Crippen LogP contribution in [0.15, 0.2) is 29.4 Å². The van der Waals surface area contributed by atoms with E-state index in [2.05, 4.69) is 26.3 Å². The van der Waals surface area contributed by atoms with Crippen LogP contribution in [0.3, 0.4) is 0 Å². The number of aromatic nitrogens is 4. The van der Waals surface area contributed by atoms with Crippen LogP contribution in [0, 0.1) is 0 Å². The fourth-order valence-electron chi connectivity index (χ4n) is 3.54. The highest BCUT2D eigenvalue weighted by Crippen LogP contribution is 2.32. The highest BCUT2D eigenvalue weighted by molar-refractivity contribution is 7.85. The fourth-order valence-corrected chi connectivity index (χ4v) is 4.84. The molecule has 0 spiro atoms.